The number of nitrogen functional groups attached to an aromatic ring is 1. The third-order valence-corrected chi connectivity index (χ3v) is 1.73. The van der Waals surface area contributed by atoms with E-state index in [1.54, 1.807) is 0 Å². The van der Waals surface area contributed by atoms with E-state index < -0.39 is 0 Å². The summed E-state index contributed by atoms with van der Waals surface area (Å²) in [6.45, 7) is 0.641. The van der Waals surface area contributed by atoms with Crippen molar-refractivity contribution in [1.82, 2.24) is 10.1 Å². The molecule has 2 rings (SSSR count). The van der Waals surface area contributed by atoms with Crippen molar-refractivity contribution in [1.29, 1.82) is 0 Å². The van der Waals surface area contributed by atoms with Crippen LogP contribution in [0.15, 0.2) is 34.9 Å². The topological polar surface area (TPSA) is 77.0 Å². The molecule has 0 aliphatic rings. The van der Waals surface area contributed by atoms with Gasteiger partial charge in [0.1, 0.15) is 0 Å². The van der Waals surface area contributed by atoms with Crippen molar-refractivity contribution < 1.29 is 4.52 Å². The summed E-state index contributed by atoms with van der Waals surface area (Å²) in [5, 5.41) is 6.42. The Morgan fingerprint density at radius 3 is 2.71 bits per heavy atom. The molecule has 0 atom stereocenters. The number of hydrogen-bond acceptors (Lipinski definition) is 5. The summed E-state index contributed by atoms with van der Waals surface area (Å²) < 4.78 is 4.79. The first-order valence-electron chi connectivity index (χ1n) is 4.21. The van der Waals surface area contributed by atoms with Crippen LogP contribution in [-0.2, 0) is 6.54 Å². The summed E-state index contributed by atoms with van der Waals surface area (Å²) in [6, 6.07) is 10.3. The second-order valence-electron chi connectivity index (χ2n) is 2.80. The Balaban J connectivity index is 1.95. The molecule has 14 heavy (non-hydrogen) atoms. The van der Waals surface area contributed by atoms with Crippen LogP contribution in [-0.4, -0.2) is 10.1 Å². The Morgan fingerprint density at radius 2 is 2.07 bits per heavy atom. The quantitative estimate of drug-likeness (QED) is 0.762. The van der Waals surface area contributed by atoms with Crippen LogP contribution in [0.3, 0.4) is 0 Å². The molecule has 0 fully saturated rings. The summed E-state index contributed by atoms with van der Waals surface area (Å²) in [7, 11) is 0. The molecule has 0 unspecified atom stereocenters. The van der Waals surface area contributed by atoms with Crippen LogP contribution >= 0.6 is 0 Å². The van der Waals surface area contributed by atoms with Crippen molar-refractivity contribution in [2.75, 3.05) is 11.1 Å². The maximum Gasteiger partial charge on any atom is 0.323 e. The number of anilines is 2. The number of benzene rings is 1. The first-order chi connectivity index (χ1) is 6.84. The number of nitrogens with two attached hydrogens (primary N) is 1. The second kappa shape index (κ2) is 3.78. The first kappa shape index (κ1) is 8.55. The standard InChI is InChI=1S/C9H10N4O/c10-8-12-9(14-13-8)11-6-7-4-2-1-3-5-7/h1-5H,6H2,(H3,10,11,12,13). The minimum Gasteiger partial charge on any atom is -0.365 e. The highest BCUT2D eigenvalue weighted by Gasteiger charge is 2.00. The third kappa shape index (κ3) is 2.01. The fourth-order valence-corrected chi connectivity index (χ4v) is 1.08. The molecule has 0 radical (unpaired) electrons. The lowest BCUT2D eigenvalue weighted by molar-refractivity contribution is 0.432. The van der Waals surface area contributed by atoms with E-state index in [0.29, 0.717) is 12.6 Å². The minimum absolute atomic E-state index is 0.139. The van der Waals surface area contributed by atoms with Crippen LogP contribution in [0.1, 0.15) is 5.56 Å². The molecule has 5 heteroatoms. The van der Waals surface area contributed by atoms with E-state index >= 15 is 0 Å². The third-order valence-electron chi connectivity index (χ3n) is 1.73. The van der Waals surface area contributed by atoms with Crippen molar-refractivity contribution in [2.24, 2.45) is 0 Å². The van der Waals surface area contributed by atoms with E-state index in [4.69, 9.17) is 10.3 Å². The maximum absolute atomic E-state index is 5.29. The van der Waals surface area contributed by atoms with Gasteiger partial charge in [-0.1, -0.05) is 30.3 Å². The molecule has 0 aliphatic carbocycles. The van der Waals surface area contributed by atoms with E-state index in [1.165, 1.54) is 0 Å². The normalized spacial score (nSPS) is 10.0. The van der Waals surface area contributed by atoms with Crippen molar-refractivity contribution in [3.63, 3.8) is 0 Å². The Bertz CT molecular complexity index is 398. The Kier molecular flexibility index (Phi) is 2.31. The van der Waals surface area contributed by atoms with E-state index in [1.807, 2.05) is 30.3 Å². The molecule has 0 saturated heterocycles. The molecule has 0 bridgehead atoms. The van der Waals surface area contributed by atoms with Gasteiger partial charge in [-0.25, -0.2) is 0 Å². The van der Waals surface area contributed by atoms with Gasteiger partial charge in [-0.05, 0) is 10.7 Å². The van der Waals surface area contributed by atoms with Gasteiger partial charge in [-0.2, -0.15) is 4.98 Å². The number of hydrogen-bond donors (Lipinski definition) is 2. The molecular weight excluding hydrogens is 180 g/mol. The minimum atomic E-state index is 0.139. The summed E-state index contributed by atoms with van der Waals surface area (Å²) in [5.74, 6) is 0.139. The Morgan fingerprint density at radius 1 is 1.29 bits per heavy atom. The fraction of sp³-hybridized carbons (Fsp3) is 0.111. The summed E-state index contributed by atoms with van der Waals surface area (Å²) in [5.41, 5.74) is 6.43. The van der Waals surface area contributed by atoms with Gasteiger partial charge >= 0.3 is 6.01 Å². The van der Waals surface area contributed by atoms with Gasteiger partial charge in [0.2, 0.25) is 0 Å². The lowest BCUT2D eigenvalue weighted by Crippen LogP contribution is -1.99. The van der Waals surface area contributed by atoms with Crippen LogP contribution < -0.4 is 11.1 Å². The van der Waals surface area contributed by atoms with Crippen LogP contribution in [0.2, 0.25) is 0 Å². The van der Waals surface area contributed by atoms with Crippen molar-refractivity contribution >= 4 is 12.0 Å². The van der Waals surface area contributed by atoms with Gasteiger partial charge in [0.15, 0.2) is 0 Å². The highest BCUT2D eigenvalue weighted by Crippen LogP contribution is 2.06. The molecule has 2 aromatic rings. The van der Waals surface area contributed by atoms with Crippen LogP contribution in [0.5, 0.6) is 0 Å². The highest BCUT2D eigenvalue weighted by molar-refractivity contribution is 5.28. The Labute approximate surface area is 80.9 Å². The summed E-state index contributed by atoms with van der Waals surface area (Å²) in [6.07, 6.45) is 0. The van der Waals surface area contributed by atoms with Crippen LogP contribution in [0.4, 0.5) is 12.0 Å². The number of nitrogens with zero attached hydrogens (tertiary/aromatic N) is 2. The average Bonchev–Trinajstić information content (AvgIpc) is 2.63. The second-order valence-corrected chi connectivity index (χ2v) is 2.80. The van der Waals surface area contributed by atoms with Crippen LogP contribution in [0, 0.1) is 0 Å². The zero-order valence-corrected chi connectivity index (χ0v) is 7.47. The lowest BCUT2D eigenvalue weighted by atomic mass is 10.2. The summed E-state index contributed by atoms with van der Waals surface area (Å²) in [4.78, 5) is 3.81. The molecule has 0 aliphatic heterocycles. The molecule has 1 heterocycles. The van der Waals surface area contributed by atoms with Crippen molar-refractivity contribution in [3.8, 4) is 0 Å². The largest absolute Gasteiger partial charge is 0.365 e. The molecule has 5 nitrogen and oxygen atoms in total. The SMILES string of the molecule is Nc1noc(NCc2ccccc2)n1. The molecule has 0 amide bonds. The number of nitrogens with one attached hydrogen (secondary N) is 1. The van der Waals surface area contributed by atoms with Gasteiger partial charge in [0.05, 0.1) is 0 Å². The van der Waals surface area contributed by atoms with Gasteiger partial charge in [-0.15, -0.1) is 0 Å². The molecule has 0 saturated carbocycles. The number of aromatic nitrogens is 2. The summed E-state index contributed by atoms with van der Waals surface area (Å²) >= 11 is 0. The zero-order valence-electron chi connectivity index (χ0n) is 7.47. The van der Waals surface area contributed by atoms with Crippen molar-refractivity contribution in [3.05, 3.63) is 35.9 Å². The molecular formula is C9H10N4O. The van der Waals surface area contributed by atoms with Crippen molar-refractivity contribution in [2.45, 2.75) is 6.54 Å². The predicted molar refractivity (Wildman–Crippen MR) is 52.5 cm³/mol. The number of rotatable bonds is 3. The molecule has 3 N–H and O–H groups in total. The van der Waals surface area contributed by atoms with Gasteiger partial charge in [0.25, 0.3) is 5.95 Å². The molecule has 1 aromatic heterocycles. The van der Waals surface area contributed by atoms with E-state index in [2.05, 4.69) is 15.5 Å². The molecule has 0 spiro atoms. The first-order valence-corrected chi connectivity index (χ1v) is 4.21. The fourth-order valence-electron chi connectivity index (χ4n) is 1.08. The van der Waals surface area contributed by atoms with E-state index in [0.717, 1.165) is 5.56 Å². The van der Waals surface area contributed by atoms with Gasteiger partial charge in [-0.3, -0.25) is 0 Å². The smallest absolute Gasteiger partial charge is 0.323 e. The monoisotopic (exact) mass is 190 g/mol. The predicted octanol–water partition coefficient (Wildman–Crippen LogP) is 1.26. The van der Waals surface area contributed by atoms with Gasteiger partial charge < -0.3 is 15.6 Å². The van der Waals surface area contributed by atoms with E-state index in [-0.39, 0.29) is 5.95 Å². The van der Waals surface area contributed by atoms with E-state index in [9.17, 15) is 0 Å². The average molecular weight is 190 g/mol. The molecule has 72 valence electrons. The Hall–Kier alpha value is -2.04. The van der Waals surface area contributed by atoms with Crippen LogP contribution in [0.25, 0.3) is 0 Å². The lowest BCUT2D eigenvalue weighted by Gasteiger charge is -1.99. The zero-order chi connectivity index (χ0) is 9.80. The highest BCUT2D eigenvalue weighted by atomic mass is 16.5. The maximum atomic E-state index is 5.29. The van der Waals surface area contributed by atoms with Gasteiger partial charge in [0, 0.05) is 6.54 Å². The molecule has 1 aromatic carbocycles.